The summed E-state index contributed by atoms with van der Waals surface area (Å²) in [6.07, 6.45) is 1.72. The van der Waals surface area contributed by atoms with Crippen LogP contribution in [0.3, 0.4) is 0 Å². The Labute approximate surface area is 140 Å². The van der Waals surface area contributed by atoms with Crippen LogP contribution in [0.4, 0.5) is 17.2 Å². The normalized spacial score (nSPS) is 12.9. The van der Waals surface area contributed by atoms with Crippen molar-refractivity contribution in [2.24, 2.45) is 4.99 Å². The summed E-state index contributed by atoms with van der Waals surface area (Å²) in [6.45, 7) is 1.82. The van der Waals surface area contributed by atoms with Gasteiger partial charge in [-0.1, -0.05) is 24.3 Å². The summed E-state index contributed by atoms with van der Waals surface area (Å²) in [7, 11) is 0. The minimum Gasteiger partial charge on any atom is -0.399 e. The Bertz CT molecular complexity index is 870. The molecule has 6 nitrogen and oxygen atoms in total. The van der Waals surface area contributed by atoms with Crippen LogP contribution in [0.2, 0.25) is 0 Å². The maximum Gasteiger partial charge on any atom is 0.147 e. The van der Waals surface area contributed by atoms with E-state index in [9.17, 15) is 0 Å². The van der Waals surface area contributed by atoms with Crippen LogP contribution in [0.1, 0.15) is 5.56 Å². The number of aromatic nitrogens is 1. The first-order valence-corrected chi connectivity index (χ1v) is 7.68. The van der Waals surface area contributed by atoms with E-state index in [2.05, 4.69) is 15.3 Å². The fraction of sp³-hybridized carbons (Fsp3) is 0.111. The van der Waals surface area contributed by atoms with E-state index in [4.69, 9.17) is 17.2 Å². The topological polar surface area (TPSA) is 115 Å². The monoisotopic (exact) mass is 320 g/mol. The van der Waals surface area contributed by atoms with E-state index in [0.717, 1.165) is 40.9 Å². The molecule has 7 N–H and O–H groups in total. The van der Waals surface area contributed by atoms with Crippen molar-refractivity contribution in [1.29, 1.82) is 0 Å². The van der Waals surface area contributed by atoms with Gasteiger partial charge in [0.15, 0.2) is 0 Å². The molecule has 3 aromatic rings. The summed E-state index contributed by atoms with van der Waals surface area (Å²) in [5, 5.41) is 5.18. The number of rotatable bonds is 1. The molecule has 4 rings (SSSR count). The van der Waals surface area contributed by atoms with Crippen LogP contribution < -0.4 is 22.5 Å². The van der Waals surface area contributed by atoms with Gasteiger partial charge in [0.05, 0.1) is 12.2 Å². The molecule has 0 bridgehead atoms. The molecule has 0 aliphatic carbocycles. The second-order valence-corrected chi connectivity index (χ2v) is 5.42. The highest BCUT2D eigenvalue weighted by Crippen LogP contribution is 2.23. The number of benzene rings is 2. The first-order chi connectivity index (χ1) is 11.6. The van der Waals surface area contributed by atoms with Gasteiger partial charge in [-0.2, -0.15) is 0 Å². The third-order valence-corrected chi connectivity index (χ3v) is 3.73. The highest BCUT2D eigenvalue weighted by atomic mass is 15.1. The minimum atomic E-state index is 0.397. The van der Waals surface area contributed by atoms with E-state index in [1.165, 1.54) is 0 Å². The second kappa shape index (κ2) is 6.87. The third kappa shape index (κ3) is 3.38. The van der Waals surface area contributed by atoms with Gasteiger partial charge in [-0.3, -0.25) is 4.99 Å². The molecule has 0 atom stereocenters. The van der Waals surface area contributed by atoms with Crippen molar-refractivity contribution < 1.29 is 0 Å². The van der Waals surface area contributed by atoms with Gasteiger partial charge in [0.25, 0.3) is 0 Å². The van der Waals surface area contributed by atoms with Gasteiger partial charge in [-0.05, 0) is 24.3 Å². The molecule has 0 fully saturated rings. The highest BCUT2D eigenvalue weighted by Gasteiger charge is 2.06. The largest absolute Gasteiger partial charge is 0.399 e. The Kier molecular flexibility index (Phi) is 4.47. The molecule has 0 radical (unpaired) electrons. The lowest BCUT2D eigenvalue weighted by atomic mass is 10.1. The lowest BCUT2D eigenvalue weighted by Crippen LogP contribution is -2.19. The molecular weight excluding hydrogens is 300 g/mol. The van der Waals surface area contributed by atoms with E-state index in [0.29, 0.717) is 11.5 Å². The Hall–Kier alpha value is -3.28. The summed E-state index contributed by atoms with van der Waals surface area (Å²) < 4.78 is 0. The van der Waals surface area contributed by atoms with Crippen LogP contribution in [0.5, 0.6) is 0 Å². The van der Waals surface area contributed by atoms with Gasteiger partial charge >= 0.3 is 0 Å². The van der Waals surface area contributed by atoms with Crippen molar-refractivity contribution in [2.45, 2.75) is 0 Å². The molecule has 1 aliphatic heterocycles. The minimum absolute atomic E-state index is 0.397. The summed E-state index contributed by atoms with van der Waals surface area (Å²) in [6, 6.07) is 15.5. The van der Waals surface area contributed by atoms with Gasteiger partial charge in [0.2, 0.25) is 0 Å². The number of pyridine rings is 1. The summed E-state index contributed by atoms with van der Waals surface area (Å²) in [5.41, 5.74) is 19.3. The molecule has 0 saturated heterocycles. The fourth-order valence-corrected chi connectivity index (χ4v) is 2.43. The summed E-state index contributed by atoms with van der Waals surface area (Å²) in [4.78, 5) is 8.26. The molecular formula is C18H20N6. The van der Waals surface area contributed by atoms with Crippen molar-refractivity contribution in [1.82, 2.24) is 10.3 Å². The number of nitrogens with two attached hydrogens (primary N) is 3. The number of nitrogens with zero attached hydrogens (tertiary/aromatic N) is 2. The zero-order chi connectivity index (χ0) is 16.9. The molecule has 122 valence electrons. The predicted octanol–water partition coefficient (Wildman–Crippen LogP) is 2.02. The molecule has 0 saturated carbocycles. The summed E-state index contributed by atoms with van der Waals surface area (Å²) >= 11 is 0. The Morgan fingerprint density at radius 1 is 0.917 bits per heavy atom. The zero-order valence-electron chi connectivity index (χ0n) is 13.2. The molecule has 6 heteroatoms. The van der Waals surface area contributed by atoms with Gasteiger partial charge in [0.1, 0.15) is 11.7 Å². The van der Waals surface area contributed by atoms with Crippen LogP contribution in [0, 0.1) is 0 Å². The zero-order valence-corrected chi connectivity index (χ0v) is 13.2. The van der Waals surface area contributed by atoms with E-state index < -0.39 is 0 Å². The van der Waals surface area contributed by atoms with Crippen LogP contribution in [0.15, 0.2) is 59.7 Å². The Morgan fingerprint density at radius 2 is 1.67 bits per heavy atom. The lowest BCUT2D eigenvalue weighted by molar-refractivity contribution is 0.960. The fourth-order valence-electron chi connectivity index (χ4n) is 2.43. The Balaban J connectivity index is 0.000000141. The van der Waals surface area contributed by atoms with Crippen molar-refractivity contribution in [3.05, 3.63) is 60.3 Å². The quantitative estimate of drug-likeness (QED) is 0.512. The van der Waals surface area contributed by atoms with Crippen molar-refractivity contribution in [3.63, 3.8) is 0 Å². The van der Waals surface area contributed by atoms with Gasteiger partial charge < -0.3 is 22.5 Å². The van der Waals surface area contributed by atoms with Crippen LogP contribution >= 0.6 is 0 Å². The highest BCUT2D eigenvalue weighted by molar-refractivity contribution is 6.00. The van der Waals surface area contributed by atoms with Crippen LogP contribution in [-0.2, 0) is 0 Å². The standard InChI is InChI=1S/C9H11N3.C9H9N3/c10-8-3-1-7(2-4-8)9-11-5-6-12-9;10-8-7-4-2-1-3-6(7)5-12-9(8)11/h1-4H,5-6,10H2,(H,11,12);1-5H,10H2,(H2,11,12). The van der Waals surface area contributed by atoms with Crippen molar-refractivity contribution >= 4 is 33.8 Å². The first-order valence-electron chi connectivity index (χ1n) is 7.68. The maximum atomic E-state index is 5.73. The van der Waals surface area contributed by atoms with Crippen LogP contribution in [0.25, 0.3) is 10.8 Å². The van der Waals surface area contributed by atoms with Gasteiger partial charge in [-0.15, -0.1) is 0 Å². The number of aliphatic imine (C=N–C) groups is 1. The molecule has 24 heavy (non-hydrogen) atoms. The van der Waals surface area contributed by atoms with E-state index >= 15 is 0 Å². The number of nitrogens with one attached hydrogen (secondary N) is 1. The molecule has 0 unspecified atom stereocenters. The van der Waals surface area contributed by atoms with Gasteiger partial charge in [-0.25, -0.2) is 4.98 Å². The number of hydrogen-bond donors (Lipinski definition) is 4. The van der Waals surface area contributed by atoms with Crippen molar-refractivity contribution in [3.8, 4) is 0 Å². The molecule has 0 spiro atoms. The van der Waals surface area contributed by atoms with Gasteiger partial charge in [0, 0.05) is 34.8 Å². The predicted molar refractivity (Wildman–Crippen MR) is 101 cm³/mol. The third-order valence-electron chi connectivity index (χ3n) is 3.73. The van der Waals surface area contributed by atoms with E-state index in [1.54, 1.807) is 6.20 Å². The average Bonchev–Trinajstić information content (AvgIpc) is 3.14. The first kappa shape index (κ1) is 15.6. The lowest BCUT2D eigenvalue weighted by Gasteiger charge is -2.02. The molecule has 1 aliphatic rings. The smallest absolute Gasteiger partial charge is 0.147 e. The number of anilines is 3. The Morgan fingerprint density at radius 3 is 2.38 bits per heavy atom. The van der Waals surface area contributed by atoms with E-state index in [1.807, 2.05) is 48.5 Å². The second-order valence-electron chi connectivity index (χ2n) is 5.42. The molecule has 0 amide bonds. The number of amidine groups is 1. The number of hydrogen-bond acceptors (Lipinski definition) is 6. The maximum absolute atomic E-state index is 5.73. The number of nitrogen functional groups attached to an aromatic ring is 3. The molecule has 2 aromatic carbocycles. The summed E-state index contributed by atoms with van der Waals surface area (Å²) in [5.74, 6) is 1.38. The van der Waals surface area contributed by atoms with E-state index in [-0.39, 0.29) is 0 Å². The SMILES string of the molecule is Nc1ccc(C2=NCCN2)cc1.Nc1ncc2ccccc2c1N. The molecule has 2 heterocycles. The molecule has 1 aromatic heterocycles. The van der Waals surface area contributed by atoms with Crippen molar-refractivity contribution in [2.75, 3.05) is 30.3 Å². The van der Waals surface area contributed by atoms with Crippen LogP contribution in [-0.4, -0.2) is 23.9 Å². The number of fused-ring (bicyclic) bond motifs is 1. The average molecular weight is 320 g/mol.